The molecule has 15 nitrogen and oxygen atoms in total. The van der Waals surface area contributed by atoms with Gasteiger partial charge in [-0.1, -0.05) is 17.3 Å². The predicted octanol–water partition coefficient (Wildman–Crippen LogP) is 0.0759. The lowest BCUT2D eigenvalue weighted by molar-refractivity contribution is -0.0546. The first-order valence-corrected chi connectivity index (χ1v) is 14.0. The molecule has 1 saturated heterocycles. The molecular formula is C19H23N3O12P2. The van der Waals surface area contributed by atoms with Crippen molar-refractivity contribution in [3.63, 3.8) is 0 Å². The third-order valence-corrected chi connectivity index (χ3v) is 7.96. The number of phosphoric ester groups is 1. The largest absolute Gasteiger partial charge is 0.479 e. The number of hydrogen-bond donors (Lipinski definition) is 4. The second kappa shape index (κ2) is 9.78. The van der Waals surface area contributed by atoms with Gasteiger partial charge < -0.3 is 29.3 Å². The van der Waals surface area contributed by atoms with Crippen molar-refractivity contribution < 1.29 is 47.2 Å². The van der Waals surface area contributed by atoms with Crippen molar-refractivity contribution in [3.05, 3.63) is 62.6 Å². The molecule has 0 radical (unpaired) electrons. The molecule has 6 atom stereocenters. The molecule has 3 heterocycles. The Hall–Kier alpha value is -2.45. The van der Waals surface area contributed by atoms with E-state index in [1.807, 2.05) is 13.0 Å². The maximum atomic E-state index is 13.2. The van der Waals surface area contributed by atoms with Gasteiger partial charge >= 0.3 is 21.1 Å². The Balaban J connectivity index is 1.58. The minimum atomic E-state index is -5.00. The van der Waals surface area contributed by atoms with E-state index in [4.69, 9.17) is 14.2 Å². The zero-order valence-corrected chi connectivity index (χ0v) is 20.7. The molecule has 36 heavy (non-hydrogen) atoms. The van der Waals surface area contributed by atoms with Crippen molar-refractivity contribution in [1.82, 2.24) is 14.3 Å². The van der Waals surface area contributed by atoms with E-state index in [0.29, 0.717) is 23.3 Å². The molecule has 3 aromatic rings. The molecule has 0 aliphatic carbocycles. The third-order valence-electron chi connectivity index (χ3n) is 5.45. The van der Waals surface area contributed by atoms with Crippen LogP contribution in [-0.2, 0) is 29.2 Å². The molecule has 1 aliphatic heterocycles. The fourth-order valence-electron chi connectivity index (χ4n) is 3.84. The topological polar surface area (TPSA) is 213 Å². The van der Waals surface area contributed by atoms with Gasteiger partial charge in [-0.25, -0.2) is 13.7 Å². The van der Waals surface area contributed by atoms with E-state index >= 15 is 0 Å². The van der Waals surface area contributed by atoms with Crippen LogP contribution in [0.3, 0.4) is 0 Å². The van der Waals surface area contributed by atoms with Crippen molar-refractivity contribution in [3.8, 4) is 0 Å². The summed E-state index contributed by atoms with van der Waals surface area (Å²) in [6, 6.07) is 6.33. The Morgan fingerprint density at radius 1 is 1.14 bits per heavy atom. The van der Waals surface area contributed by atoms with E-state index in [1.165, 1.54) is 0 Å². The highest BCUT2D eigenvalue weighted by Gasteiger charge is 2.45. The van der Waals surface area contributed by atoms with Crippen LogP contribution in [0.5, 0.6) is 0 Å². The number of phosphoric acid groups is 1. The number of aliphatic hydroxyl groups is 2. The lowest BCUT2D eigenvalue weighted by Gasteiger charge is -2.19. The van der Waals surface area contributed by atoms with Gasteiger partial charge in [-0.2, -0.15) is 0 Å². The van der Waals surface area contributed by atoms with Crippen molar-refractivity contribution in [2.45, 2.75) is 38.0 Å². The fraction of sp³-hybridized carbons (Fsp3) is 0.421. The van der Waals surface area contributed by atoms with Crippen LogP contribution in [-0.4, -0.2) is 65.9 Å². The average molecular weight is 547 g/mol. The number of ether oxygens (including phenoxy) is 1. The first-order valence-electron chi connectivity index (χ1n) is 10.4. The second-order valence-electron chi connectivity index (χ2n) is 8.20. The number of nitrogens with zero attached hydrogens (tertiary/aromatic N) is 3. The molecule has 0 bridgehead atoms. The molecule has 1 aliphatic rings. The van der Waals surface area contributed by atoms with E-state index in [9.17, 15) is 33.8 Å². The predicted molar refractivity (Wildman–Crippen MR) is 121 cm³/mol. The summed E-state index contributed by atoms with van der Waals surface area (Å²) in [5.74, 6) is 0. The van der Waals surface area contributed by atoms with E-state index in [-0.39, 0.29) is 6.54 Å². The van der Waals surface area contributed by atoms with Crippen LogP contribution in [0.4, 0.5) is 0 Å². The van der Waals surface area contributed by atoms with Gasteiger partial charge in [0.2, 0.25) is 0 Å². The fourth-order valence-corrected chi connectivity index (χ4v) is 5.90. The first-order chi connectivity index (χ1) is 16.8. The van der Waals surface area contributed by atoms with Gasteiger partial charge in [0.05, 0.1) is 13.2 Å². The molecule has 0 saturated carbocycles. The highest BCUT2D eigenvalue weighted by molar-refractivity contribution is 7.63. The number of benzene rings is 1. The van der Waals surface area contributed by atoms with Crippen LogP contribution in [0.2, 0.25) is 0 Å². The highest BCUT2D eigenvalue weighted by atomic mass is 31.3. The molecule has 0 spiro atoms. The Kier molecular flexibility index (Phi) is 7.23. The Bertz CT molecular complexity index is 1490. The maximum Gasteiger partial charge on any atom is 0.479 e. The highest BCUT2D eigenvalue weighted by Crippen LogP contribution is 2.58. The van der Waals surface area contributed by atoms with E-state index < -0.39 is 57.8 Å². The van der Waals surface area contributed by atoms with Gasteiger partial charge in [0.25, 0.3) is 5.56 Å². The molecule has 1 aromatic carbocycles. The summed E-state index contributed by atoms with van der Waals surface area (Å²) in [5, 5.41) is 25.4. The van der Waals surface area contributed by atoms with E-state index in [1.54, 1.807) is 12.1 Å². The minimum absolute atomic E-state index is 0.252. The molecule has 4 rings (SSSR count). The van der Waals surface area contributed by atoms with Crippen LogP contribution in [0, 0.1) is 6.92 Å². The van der Waals surface area contributed by atoms with Crippen LogP contribution in [0.15, 0.2) is 44.6 Å². The summed E-state index contributed by atoms with van der Waals surface area (Å²) >= 11 is 0. The molecule has 3 unspecified atom stereocenters. The van der Waals surface area contributed by atoms with Gasteiger partial charge in [0.1, 0.15) is 24.0 Å². The average Bonchev–Trinajstić information content (AvgIpc) is 3.30. The number of aliphatic hydroxyl groups excluding tert-OH is 2. The number of rotatable bonds is 8. The lowest BCUT2D eigenvalue weighted by Crippen LogP contribution is -2.43. The molecule has 196 valence electrons. The molecular weight excluding hydrogens is 524 g/mol. The zero-order chi connectivity index (χ0) is 26.4. The summed E-state index contributed by atoms with van der Waals surface area (Å²) in [6.45, 7) is 1.40. The monoisotopic (exact) mass is 547 g/mol. The standard InChI is InChI=1S/C19H23N3O12P2/c1-10-4-3-5-12-15(10)11(20-33-12)8-22-14(23)6-7-21(19(22)26)18-17(25)16(24)13(32-18)9-31-36(29,30)34-35(2,27)28/h3-7,13,16-18,24-25H,8-9H2,1-2H3,(H,27,28)(H,29,30)/t13-,16?,17+,18-/m1/s1. The summed E-state index contributed by atoms with van der Waals surface area (Å²) in [4.78, 5) is 44.3. The molecule has 1 fully saturated rings. The molecule has 2 aromatic heterocycles. The Morgan fingerprint density at radius 3 is 2.56 bits per heavy atom. The van der Waals surface area contributed by atoms with Crippen LogP contribution in [0.1, 0.15) is 17.5 Å². The van der Waals surface area contributed by atoms with Crippen molar-refractivity contribution >= 4 is 26.4 Å². The lowest BCUT2D eigenvalue weighted by atomic mass is 10.1. The van der Waals surface area contributed by atoms with Crippen molar-refractivity contribution in [2.75, 3.05) is 13.3 Å². The quantitative estimate of drug-likeness (QED) is 0.275. The van der Waals surface area contributed by atoms with Gasteiger partial charge in [-0.15, -0.1) is 0 Å². The van der Waals surface area contributed by atoms with Gasteiger partial charge in [0.15, 0.2) is 11.8 Å². The SMILES string of the molecule is Cc1cccc2onc(Cn3c(=O)ccn([C@@H]4O[C@H](COP(=O)(O)OP(C)(=O)O)C(O)[C@@H]4O)c3=O)c12. The second-order valence-corrected chi connectivity index (χ2v) is 11.7. The summed E-state index contributed by atoms with van der Waals surface area (Å²) in [7, 11) is -9.38. The van der Waals surface area contributed by atoms with Crippen LogP contribution < -0.4 is 11.2 Å². The maximum absolute atomic E-state index is 13.2. The van der Waals surface area contributed by atoms with Gasteiger partial charge in [-0.05, 0) is 18.6 Å². The molecule has 0 amide bonds. The summed E-state index contributed by atoms with van der Waals surface area (Å²) in [5.41, 5.74) is 0.0590. The van der Waals surface area contributed by atoms with Gasteiger partial charge in [0, 0.05) is 24.3 Å². The van der Waals surface area contributed by atoms with Crippen molar-refractivity contribution in [1.29, 1.82) is 0 Å². The Labute approximate surface area is 202 Å². The van der Waals surface area contributed by atoms with Crippen LogP contribution >= 0.6 is 15.4 Å². The summed E-state index contributed by atoms with van der Waals surface area (Å²) < 4.78 is 44.1. The van der Waals surface area contributed by atoms with E-state index in [2.05, 4.69) is 14.0 Å². The van der Waals surface area contributed by atoms with Gasteiger partial charge in [-0.3, -0.25) is 23.0 Å². The number of aryl methyl sites for hydroxylation is 1. The minimum Gasteiger partial charge on any atom is -0.387 e. The number of hydrogen-bond acceptors (Lipinski definition) is 11. The normalized spacial score (nSPS) is 25.6. The van der Waals surface area contributed by atoms with Crippen molar-refractivity contribution in [2.24, 2.45) is 0 Å². The zero-order valence-electron chi connectivity index (χ0n) is 18.9. The van der Waals surface area contributed by atoms with Crippen LogP contribution in [0.25, 0.3) is 11.0 Å². The third kappa shape index (κ3) is 5.44. The number of fused-ring (bicyclic) bond motifs is 1. The number of aromatic nitrogens is 3. The Morgan fingerprint density at radius 2 is 1.86 bits per heavy atom. The molecule has 17 heteroatoms. The summed E-state index contributed by atoms with van der Waals surface area (Å²) in [6.07, 6.45) is -5.26. The van der Waals surface area contributed by atoms with E-state index in [0.717, 1.165) is 27.0 Å². The smallest absolute Gasteiger partial charge is 0.387 e. The molecule has 4 N–H and O–H groups in total. The first kappa shape index (κ1) is 26.6.